The summed E-state index contributed by atoms with van der Waals surface area (Å²) in [4.78, 5) is 0. The van der Waals surface area contributed by atoms with E-state index >= 15 is 0 Å². The first-order valence-corrected chi connectivity index (χ1v) is 6.30. The van der Waals surface area contributed by atoms with Crippen molar-refractivity contribution in [2.75, 3.05) is 6.54 Å². The normalized spacial score (nSPS) is 13.8. The summed E-state index contributed by atoms with van der Waals surface area (Å²) in [6.45, 7) is 6.52. The maximum atomic E-state index is 13.7. The lowest BCUT2D eigenvalue weighted by atomic mass is 10.1. The van der Waals surface area contributed by atoms with Crippen LogP contribution in [0.3, 0.4) is 0 Å². The van der Waals surface area contributed by atoms with Gasteiger partial charge < -0.3 is 5.32 Å². The van der Waals surface area contributed by atoms with E-state index in [-0.39, 0.29) is 5.54 Å². The molecule has 0 fully saturated rings. The van der Waals surface area contributed by atoms with Crippen LogP contribution < -0.4 is 5.32 Å². The van der Waals surface area contributed by atoms with Crippen molar-refractivity contribution in [3.8, 4) is 0 Å². The molecule has 0 aromatic heterocycles. The summed E-state index contributed by atoms with van der Waals surface area (Å²) < 4.78 is 14.7. The van der Waals surface area contributed by atoms with Crippen LogP contribution in [0, 0.1) is 0 Å². The number of hydrogen-bond donors (Lipinski definition) is 1. The van der Waals surface area contributed by atoms with E-state index in [0.717, 1.165) is 10.0 Å². The number of alkyl halides is 1. The molecule has 0 aliphatic heterocycles. The van der Waals surface area contributed by atoms with Gasteiger partial charge in [0.1, 0.15) is 6.17 Å². The molecule has 3 heteroatoms. The largest absolute Gasteiger partial charge is 0.309 e. The van der Waals surface area contributed by atoms with Gasteiger partial charge in [0.15, 0.2) is 0 Å². The number of nitrogens with one attached hydrogen (secondary N) is 1. The van der Waals surface area contributed by atoms with Gasteiger partial charge in [0.05, 0.1) is 0 Å². The van der Waals surface area contributed by atoms with E-state index in [0.29, 0.717) is 13.0 Å². The molecule has 0 amide bonds. The first kappa shape index (κ1) is 13.7. The zero-order chi connectivity index (χ0) is 12.2. The molecule has 0 spiro atoms. The smallest absolute Gasteiger partial charge is 0.117 e. The van der Waals surface area contributed by atoms with Crippen molar-refractivity contribution in [2.24, 2.45) is 0 Å². The standard InChI is InChI=1S/C13H19BrFN/c1-13(2,3)16-9-12(15)8-10-5-4-6-11(14)7-10/h4-7,12,16H,8-9H2,1-3H3. The summed E-state index contributed by atoms with van der Waals surface area (Å²) in [7, 11) is 0. The molecule has 90 valence electrons. The molecule has 1 aromatic carbocycles. The van der Waals surface area contributed by atoms with Crippen molar-refractivity contribution in [1.82, 2.24) is 5.32 Å². The molecular formula is C13H19BrFN. The van der Waals surface area contributed by atoms with Crippen LogP contribution in [-0.4, -0.2) is 18.3 Å². The van der Waals surface area contributed by atoms with Crippen molar-refractivity contribution < 1.29 is 4.39 Å². The van der Waals surface area contributed by atoms with Crippen LogP contribution in [0.4, 0.5) is 4.39 Å². The van der Waals surface area contributed by atoms with Crippen molar-refractivity contribution in [1.29, 1.82) is 0 Å². The van der Waals surface area contributed by atoms with E-state index in [4.69, 9.17) is 0 Å². The van der Waals surface area contributed by atoms with E-state index in [1.165, 1.54) is 0 Å². The van der Waals surface area contributed by atoms with E-state index in [9.17, 15) is 4.39 Å². The highest BCUT2D eigenvalue weighted by Crippen LogP contribution is 2.14. The SMILES string of the molecule is CC(C)(C)NCC(F)Cc1cccc(Br)c1. The Labute approximate surface area is 106 Å². The van der Waals surface area contributed by atoms with Crippen molar-refractivity contribution in [2.45, 2.75) is 38.9 Å². The van der Waals surface area contributed by atoms with Gasteiger partial charge in [0, 0.05) is 23.0 Å². The highest BCUT2D eigenvalue weighted by atomic mass is 79.9. The summed E-state index contributed by atoms with van der Waals surface area (Å²) in [5.74, 6) is 0. The fourth-order valence-electron chi connectivity index (χ4n) is 1.41. The van der Waals surface area contributed by atoms with Crippen LogP contribution >= 0.6 is 15.9 Å². The predicted octanol–water partition coefficient (Wildman–Crippen LogP) is 3.72. The molecule has 1 unspecified atom stereocenters. The topological polar surface area (TPSA) is 12.0 Å². The summed E-state index contributed by atoms with van der Waals surface area (Å²) in [5, 5.41) is 3.17. The Balaban J connectivity index is 2.43. The van der Waals surface area contributed by atoms with E-state index in [1.807, 2.05) is 45.0 Å². The van der Waals surface area contributed by atoms with Gasteiger partial charge in [-0.1, -0.05) is 28.1 Å². The van der Waals surface area contributed by atoms with Crippen molar-refractivity contribution in [3.05, 3.63) is 34.3 Å². The minimum absolute atomic E-state index is 0.0262. The molecule has 0 aliphatic rings. The van der Waals surface area contributed by atoms with E-state index in [2.05, 4.69) is 21.2 Å². The fraction of sp³-hybridized carbons (Fsp3) is 0.538. The third-order valence-corrected chi connectivity index (χ3v) is 2.69. The Hall–Kier alpha value is -0.410. The lowest BCUT2D eigenvalue weighted by Crippen LogP contribution is -2.40. The summed E-state index contributed by atoms with van der Waals surface area (Å²) >= 11 is 3.38. The molecule has 1 N–H and O–H groups in total. The van der Waals surface area contributed by atoms with Crippen LogP contribution in [0.5, 0.6) is 0 Å². The molecule has 1 rings (SSSR count). The second-order valence-electron chi connectivity index (χ2n) is 5.06. The quantitative estimate of drug-likeness (QED) is 0.890. The second-order valence-corrected chi connectivity index (χ2v) is 5.98. The van der Waals surface area contributed by atoms with Gasteiger partial charge in [-0.15, -0.1) is 0 Å². The van der Waals surface area contributed by atoms with Crippen LogP contribution in [0.25, 0.3) is 0 Å². The number of halogens is 2. The Kier molecular flexibility index (Phi) is 4.93. The monoisotopic (exact) mass is 287 g/mol. The highest BCUT2D eigenvalue weighted by Gasteiger charge is 2.13. The zero-order valence-electron chi connectivity index (χ0n) is 10.1. The average molecular weight is 288 g/mol. The van der Waals surface area contributed by atoms with E-state index < -0.39 is 6.17 Å². The predicted molar refractivity (Wildman–Crippen MR) is 70.5 cm³/mol. The van der Waals surface area contributed by atoms with Gasteiger partial charge in [-0.05, 0) is 38.5 Å². The second kappa shape index (κ2) is 5.78. The van der Waals surface area contributed by atoms with Gasteiger partial charge in [-0.3, -0.25) is 0 Å². The molecule has 1 nitrogen and oxygen atoms in total. The molecule has 0 bridgehead atoms. The van der Waals surface area contributed by atoms with Crippen molar-refractivity contribution >= 4 is 15.9 Å². The van der Waals surface area contributed by atoms with Crippen LogP contribution in [-0.2, 0) is 6.42 Å². The fourth-order valence-corrected chi connectivity index (χ4v) is 1.86. The molecule has 1 atom stereocenters. The highest BCUT2D eigenvalue weighted by molar-refractivity contribution is 9.10. The molecule has 0 saturated heterocycles. The Bertz CT molecular complexity index is 333. The van der Waals surface area contributed by atoms with Crippen LogP contribution in [0.15, 0.2) is 28.7 Å². The van der Waals surface area contributed by atoms with Gasteiger partial charge in [-0.2, -0.15) is 0 Å². The van der Waals surface area contributed by atoms with Gasteiger partial charge in [0.2, 0.25) is 0 Å². The van der Waals surface area contributed by atoms with Gasteiger partial charge in [-0.25, -0.2) is 4.39 Å². The third-order valence-electron chi connectivity index (χ3n) is 2.20. The molecule has 0 heterocycles. The van der Waals surface area contributed by atoms with Gasteiger partial charge in [0.25, 0.3) is 0 Å². The molecule has 0 aliphatic carbocycles. The molecule has 1 aromatic rings. The molecule has 16 heavy (non-hydrogen) atoms. The van der Waals surface area contributed by atoms with Crippen molar-refractivity contribution in [3.63, 3.8) is 0 Å². The Morgan fingerprint density at radius 1 is 1.38 bits per heavy atom. The lowest BCUT2D eigenvalue weighted by Gasteiger charge is -2.22. The zero-order valence-corrected chi connectivity index (χ0v) is 11.6. The maximum Gasteiger partial charge on any atom is 0.117 e. The summed E-state index contributed by atoms with van der Waals surface area (Å²) in [6.07, 6.45) is -0.378. The summed E-state index contributed by atoms with van der Waals surface area (Å²) in [5.41, 5.74) is 0.999. The summed E-state index contributed by atoms with van der Waals surface area (Å²) in [6, 6.07) is 7.80. The molecule has 0 radical (unpaired) electrons. The first-order valence-electron chi connectivity index (χ1n) is 5.50. The molecule has 0 saturated carbocycles. The number of rotatable bonds is 4. The van der Waals surface area contributed by atoms with E-state index in [1.54, 1.807) is 0 Å². The van der Waals surface area contributed by atoms with Crippen LogP contribution in [0.2, 0.25) is 0 Å². The van der Waals surface area contributed by atoms with Gasteiger partial charge >= 0.3 is 0 Å². The average Bonchev–Trinajstić information content (AvgIpc) is 2.14. The Morgan fingerprint density at radius 2 is 2.06 bits per heavy atom. The van der Waals surface area contributed by atoms with Crippen LogP contribution in [0.1, 0.15) is 26.3 Å². The third kappa shape index (κ3) is 5.61. The lowest BCUT2D eigenvalue weighted by molar-refractivity contribution is 0.284. The minimum atomic E-state index is -0.839. The first-order chi connectivity index (χ1) is 7.37. The molecular weight excluding hydrogens is 269 g/mol. The Morgan fingerprint density at radius 3 is 2.62 bits per heavy atom. The number of benzene rings is 1. The maximum absolute atomic E-state index is 13.7. The minimum Gasteiger partial charge on any atom is -0.309 e. The number of hydrogen-bond acceptors (Lipinski definition) is 1.